The number of ether oxygens (including phenoxy) is 2. The third kappa shape index (κ3) is 3.87. The third-order valence-electron chi connectivity index (χ3n) is 3.91. The van der Waals surface area contributed by atoms with Crippen LogP contribution in [0, 0.1) is 0 Å². The molecular weight excluding hydrogens is 392 g/mol. The van der Waals surface area contributed by atoms with Gasteiger partial charge in [0.05, 0.1) is 20.3 Å². The molecule has 0 aliphatic carbocycles. The van der Waals surface area contributed by atoms with Crippen LogP contribution in [0.3, 0.4) is 0 Å². The highest BCUT2D eigenvalue weighted by Crippen LogP contribution is 2.31. The molecule has 1 fully saturated rings. The maximum absolute atomic E-state index is 5.45. The molecule has 130 valence electrons. The first-order chi connectivity index (χ1) is 11.7. The Morgan fingerprint density at radius 3 is 2.79 bits per heavy atom. The van der Waals surface area contributed by atoms with Crippen LogP contribution < -0.4 is 9.64 Å². The lowest BCUT2D eigenvalue weighted by Gasteiger charge is -2.27. The fourth-order valence-corrected chi connectivity index (χ4v) is 4.05. The Kier molecular flexibility index (Phi) is 6.02. The Bertz CT molecular complexity index is 689. The van der Waals surface area contributed by atoms with E-state index in [0.29, 0.717) is 0 Å². The number of morpholine rings is 1. The average molecular weight is 413 g/mol. The normalized spacial score (nSPS) is 14.9. The molecule has 24 heavy (non-hydrogen) atoms. The summed E-state index contributed by atoms with van der Waals surface area (Å²) in [6.07, 6.45) is 0. The smallest absolute Gasteiger partial charge is 0.228 e. The number of thioether (sulfide) groups is 1. The summed E-state index contributed by atoms with van der Waals surface area (Å²) in [6, 6.07) is 6.04. The van der Waals surface area contributed by atoms with Gasteiger partial charge < -0.3 is 14.4 Å². The lowest BCUT2D eigenvalue weighted by Crippen LogP contribution is -2.38. The fraction of sp³-hybridized carbons (Fsp3) is 0.500. The zero-order chi connectivity index (χ0) is 16.9. The van der Waals surface area contributed by atoms with Crippen LogP contribution >= 0.6 is 27.7 Å². The van der Waals surface area contributed by atoms with Crippen LogP contribution in [-0.4, -0.2) is 48.2 Å². The third-order valence-corrected chi connectivity index (χ3v) is 5.42. The number of anilines is 1. The zero-order valence-corrected chi connectivity index (χ0v) is 16.3. The molecule has 1 saturated heterocycles. The van der Waals surface area contributed by atoms with E-state index < -0.39 is 0 Å². The molecule has 0 radical (unpaired) electrons. The van der Waals surface area contributed by atoms with E-state index in [1.54, 1.807) is 18.9 Å². The molecule has 0 bridgehead atoms. The number of nitrogens with zero attached hydrogens (tertiary/aromatic N) is 4. The van der Waals surface area contributed by atoms with Crippen LogP contribution in [0.4, 0.5) is 5.95 Å². The van der Waals surface area contributed by atoms with Gasteiger partial charge in [-0.25, -0.2) is 0 Å². The molecule has 0 unspecified atom stereocenters. The molecule has 6 nitrogen and oxygen atoms in total. The van der Waals surface area contributed by atoms with Gasteiger partial charge in [0.2, 0.25) is 5.95 Å². The summed E-state index contributed by atoms with van der Waals surface area (Å²) >= 11 is 5.20. The second-order valence-corrected chi connectivity index (χ2v) is 7.23. The van der Waals surface area contributed by atoms with Gasteiger partial charge in [-0.15, -0.1) is 10.2 Å². The van der Waals surface area contributed by atoms with Gasteiger partial charge in [-0.3, -0.25) is 4.57 Å². The first kappa shape index (κ1) is 17.6. The number of hydrogen-bond donors (Lipinski definition) is 0. The monoisotopic (exact) mass is 412 g/mol. The van der Waals surface area contributed by atoms with Crippen molar-refractivity contribution in [1.29, 1.82) is 0 Å². The highest BCUT2D eigenvalue weighted by atomic mass is 79.9. The van der Waals surface area contributed by atoms with Crippen LogP contribution in [0.2, 0.25) is 0 Å². The number of methoxy groups -OCH3 is 1. The van der Waals surface area contributed by atoms with Crippen molar-refractivity contribution in [2.24, 2.45) is 0 Å². The second-order valence-electron chi connectivity index (χ2n) is 5.37. The van der Waals surface area contributed by atoms with Gasteiger partial charge in [0.1, 0.15) is 5.75 Å². The molecule has 2 heterocycles. The minimum atomic E-state index is 0.744. The molecule has 1 aromatic carbocycles. The van der Waals surface area contributed by atoms with Gasteiger partial charge in [0.25, 0.3) is 0 Å². The van der Waals surface area contributed by atoms with Crippen LogP contribution in [0.15, 0.2) is 27.8 Å². The van der Waals surface area contributed by atoms with E-state index in [2.05, 4.69) is 48.6 Å². The number of halogens is 1. The molecule has 0 spiro atoms. The average Bonchev–Trinajstić information content (AvgIpc) is 3.03. The Morgan fingerprint density at radius 1 is 1.29 bits per heavy atom. The molecule has 1 aromatic heterocycles. The predicted octanol–water partition coefficient (Wildman–Crippen LogP) is 3.20. The van der Waals surface area contributed by atoms with Crippen LogP contribution in [0.5, 0.6) is 5.75 Å². The van der Waals surface area contributed by atoms with Crippen molar-refractivity contribution >= 4 is 33.6 Å². The minimum Gasteiger partial charge on any atom is -0.496 e. The summed E-state index contributed by atoms with van der Waals surface area (Å²) in [7, 11) is 1.70. The summed E-state index contributed by atoms with van der Waals surface area (Å²) in [5.41, 5.74) is 1.13. The van der Waals surface area contributed by atoms with Crippen LogP contribution in [-0.2, 0) is 17.0 Å². The first-order valence-electron chi connectivity index (χ1n) is 7.94. The predicted molar refractivity (Wildman–Crippen MR) is 99.0 cm³/mol. The molecule has 0 amide bonds. The van der Waals surface area contributed by atoms with Gasteiger partial charge in [-0.1, -0.05) is 27.7 Å². The van der Waals surface area contributed by atoms with E-state index >= 15 is 0 Å². The maximum atomic E-state index is 5.45. The molecule has 1 aliphatic heterocycles. The SMILES string of the molecule is CCn1c(SCc2cc(Br)ccc2OC)nnc1N1CCOCC1. The Labute approximate surface area is 154 Å². The highest BCUT2D eigenvalue weighted by Gasteiger charge is 2.20. The van der Waals surface area contributed by atoms with Crippen molar-refractivity contribution in [1.82, 2.24) is 14.8 Å². The van der Waals surface area contributed by atoms with E-state index in [-0.39, 0.29) is 0 Å². The van der Waals surface area contributed by atoms with E-state index in [1.165, 1.54) is 0 Å². The van der Waals surface area contributed by atoms with Gasteiger partial charge in [0, 0.05) is 35.4 Å². The van der Waals surface area contributed by atoms with Crippen molar-refractivity contribution in [3.05, 3.63) is 28.2 Å². The Hall–Kier alpha value is -1.25. The molecule has 3 rings (SSSR count). The number of aromatic nitrogens is 3. The maximum Gasteiger partial charge on any atom is 0.228 e. The van der Waals surface area contributed by atoms with Crippen LogP contribution in [0.25, 0.3) is 0 Å². The molecule has 0 N–H and O–H groups in total. The summed E-state index contributed by atoms with van der Waals surface area (Å²) in [6.45, 7) is 6.18. The summed E-state index contributed by atoms with van der Waals surface area (Å²) in [5, 5.41) is 9.73. The quantitative estimate of drug-likeness (QED) is 0.678. The van der Waals surface area contributed by atoms with Gasteiger partial charge >= 0.3 is 0 Å². The molecule has 8 heteroatoms. The summed E-state index contributed by atoms with van der Waals surface area (Å²) < 4.78 is 14.1. The van der Waals surface area contributed by atoms with Gasteiger partial charge in [-0.2, -0.15) is 0 Å². The number of rotatable bonds is 6. The van der Waals surface area contributed by atoms with Crippen molar-refractivity contribution in [2.45, 2.75) is 24.4 Å². The lowest BCUT2D eigenvalue weighted by molar-refractivity contribution is 0.121. The van der Waals surface area contributed by atoms with Gasteiger partial charge in [-0.05, 0) is 25.1 Å². The first-order valence-corrected chi connectivity index (χ1v) is 9.72. The van der Waals surface area contributed by atoms with Crippen LogP contribution in [0.1, 0.15) is 12.5 Å². The molecular formula is C16H21BrN4O2S. The van der Waals surface area contributed by atoms with E-state index in [4.69, 9.17) is 9.47 Å². The molecule has 0 atom stereocenters. The lowest BCUT2D eigenvalue weighted by atomic mass is 10.2. The van der Waals surface area contributed by atoms with E-state index in [0.717, 1.165) is 65.5 Å². The van der Waals surface area contributed by atoms with Crippen molar-refractivity contribution < 1.29 is 9.47 Å². The molecule has 1 aliphatic rings. The minimum absolute atomic E-state index is 0.744. The molecule has 2 aromatic rings. The second kappa shape index (κ2) is 8.22. The zero-order valence-electron chi connectivity index (χ0n) is 13.9. The van der Waals surface area contributed by atoms with Crippen molar-refractivity contribution in [2.75, 3.05) is 38.3 Å². The van der Waals surface area contributed by atoms with Gasteiger partial charge in [0.15, 0.2) is 5.16 Å². The topological polar surface area (TPSA) is 52.4 Å². The number of benzene rings is 1. The Balaban J connectivity index is 1.76. The van der Waals surface area contributed by atoms with E-state index in [9.17, 15) is 0 Å². The van der Waals surface area contributed by atoms with Crippen molar-refractivity contribution in [3.8, 4) is 5.75 Å². The van der Waals surface area contributed by atoms with Crippen molar-refractivity contribution in [3.63, 3.8) is 0 Å². The largest absolute Gasteiger partial charge is 0.496 e. The van der Waals surface area contributed by atoms with E-state index in [1.807, 2.05) is 12.1 Å². The fourth-order valence-electron chi connectivity index (χ4n) is 2.66. The number of hydrogen-bond acceptors (Lipinski definition) is 6. The standard InChI is InChI=1S/C16H21BrN4O2S/c1-3-21-15(20-6-8-23-9-7-20)18-19-16(21)24-11-12-10-13(17)4-5-14(12)22-2/h4-5,10H,3,6-9,11H2,1-2H3. The highest BCUT2D eigenvalue weighted by molar-refractivity contribution is 9.10. The Morgan fingerprint density at radius 2 is 2.08 bits per heavy atom. The summed E-state index contributed by atoms with van der Waals surface area (Å²) in [5.74, 6) is 2.61. The molecule has 0 saturated carbocycles. The summed E-state index contributed by atoms with van der Waals surface area (Å²) in [4.78, 5) is 2.24.